The van der Waals surface area contributed by atoms with Crippen LogP contribution in [0.25, 0.3) is 11.0 Å². The lowest BCUT2D eigenvalue weighted by atomic mass is 10.1. The fourth-order valence-corrected chi connectivity index (χ4v) is 2.45. The van der Waals surface area contributed by atoms with Gasteiger partial charge in [-0.05, 0) is 19.1 Å². The summed E-state index contributed by atoms with van der Waals surface area (Å²) in [7, 11) is 1.83. The Labute approximate surface area is 115 Å². The molecule has 0 aliphatic rings. The number of para-hydroxylation sites is 1. The molecule has 0 aliphatic heterocycles. The van der Waals surface area contributed by atoms with Gasteiger partial charge in [0.1, 0.15) is 11.3 Å². The van der Waals surface area contributed by atoms with Crippen molar-refractivity contribution in [3.8, 4) is 0 Å². The Balaban J connectivity index is 2.18. The van der Waals surface area contributed by atoms with Gasteiger partial charge in [-0.2, -0.15) is 5.10 Å². The second kappa shape index (κ2) is 4.72. The van der Waals surface area contributed by atoms with E-state index in [0.717, 1.165) is 11.1 Å². The Morgan fingerprint density at radius 2 is 2.20 bits per heavy atom. The van der Waals surface area contributed by atoms with Crippen molar-refractivity contribution in [2.45, 2.75) is 19.5 Å². The number of fused-ring (bicyclic) bond motifs is 1. The van der Waals surface area contributed by atoms with E-state index in [1.165, 1.54) is 6.07 Å². The van der Waals surface area contributed by atoms with Crippen LogP contribution in [-0.2, 0) is 13.6 Å². The molecule has 1 unspecified atom stereocenters. The van der Waals surface area contributed by atoms with E-state index in [2.05, 4.69) is 10.1 Å². The molecular formula is C14H16FN5. The maximum Gasteiger partial charge on any atom is 0.151 e. The molecule has 2 heterocycles. The number of nitrogens with zero attached hydrogens (tertiary/aromatic N) is 4. The van der Waals surface area contributed by atoms with Crippen LogP contribution in [0.3, 0.4) is 0 Å². The van der Waals surface area contributed by atoms with Crippen molar-refractivity contribution in [1.82, 2.24) is 19.3 Å². The summed E-state index contributed by atoms with van der Waals surface area (Å²) in [6, 6.07) is 4.53. The van der Waals surface area contributed by atoms with E-state index in [1.807, 2.05) is 30.8 Å². The van der Waals surface area contributed by atoms with Gasteiger partial charge in [-0.25, -0.2) is 9.37 Å². The minimum Gasteiger partial charge on any atom is -0.327 e. The number of halogens is 1. The van der Waals surface area contributed by atoms with Crippen LogP contribution in [0.4, 0.5) is 4.39 Å². The first-order valence-corrected chi connectivity index (χ1v) is 6.50. The minimum absolute atomic E-state index is 0.325. The van der Waals surface area contributed by atoms with Crippen molar-refractivity contribution in [3.63, 3.8) is 0 Å². The number of nitrogens with two attached hydrogens (primary N) is 1. The summed E-state index contributed by atoms with van der Waals surface area (Å²) in [5.74, 6) is 0.329. The lowest BCUT2D eigenvalue weighted by molar-refractivity contribution is 0.636. The van der Waals surface area contributed by atoms with Crippen LogP contribution in [-0.4, -0.2) is 19.3 Å². The third-order valence-corrected chi connectivity index (χ3v) is 3.44. The molecule has 1 atom stereocenters. The summed E-state index contributed by atoms with van der Waals surface area (Å²) < 4.78 is 17.5. The van der Waals surface area contributed by atoms with Crippen molar-refractivity contribution in [2.75, 3.05) is 0 Å². The number of aryl methyl sites for hydroxylation is 2. The zero-order chi connectivity index (χ0) is 14.3. The zero-order valence-electron chi connectivity index (χ0n) is 11.4. The van der Waals surface area contributed by atoms with Gasteiger partial charge in [-0.1, -0.05) is 6.07 Å². The van der Waals surface area contributed by atoms with Crippen molar-refractivity contribution < 1.29 is 4.39 Å². The van der Waals surface area contributed by atoms with Crippen LogP contribution in [0, 0.1) is 5.82 Å². The topological polar surface area (TPSA) is 61.7 Å². The maximum absolute atomic E-state index is 13.9. The van der Waals surface area contributed by atoms with Gasteiger partial charge in [-0.15, -0.1) is 0 Å². The number of hydrogen-bond donors (Lipinski definition) is 1. The van der Waals surface area contributed by atoms with Gasteiger partial charge in [0, 0.05) is 25.4 Å². The predicted octanol–water partition coefficient (Wildman–Crippen LogP) is 1.98. The quantitative estimate of drug-likeness (QED) is 0.793. The van der Waals surface area contributed by atoms with E-state index < -0.39 is 6.04 Å². The highest BCUT2D eigenvalue weighted by Crippen LogP contribution is 2.25. The highest BCUT2D eigenvalue weighted by molar-refractivity contribution is 5.77. The first-order valence-electron chi connectivity index (χ1n) is 6.50. The second-order valence-electron chi connectivity index (χ2n) is 4.75. The van der Waals surface area contributed by atoms with Gasteiger partial charge in [-0.3, -0.25) is 4.68 Å². The summed E-state index contributed by atoms with van der Waals surface area (Å²) in [5, 5.41) is 4.12. The Morgan fingerprint density at radius 3 is 2.85 bits per heavy atom. The van der Waals surface area contributed by atoms with Gasteiger partial charge in [0.2, 0.25) is 0 Å². The number of imidazole rings is 1. The molecule has 3 aromatic rings. The summed E-state index contributed by atoms with van der Waals surface area (Å²) in [6.07, 6.45) is 3.56. The standard InChI is InChI=1S/C14H16FN5/c1-3-20-11-6-4-5-10(15)13(11)18-14(20)12(16)9-7-17-19(2)8-9/h4-8,12H,3,16H2,1-2H3. The highest BCUT2D eigenvalue weighted by atomic mass is 19.1. The molecule has 0 spiro atoms. The molecule has 3 rings (SSSR count). The highest BCUT2D eigenvalue weighted by Gasteiger charge is 2.20. The average Bonchev–Trinajstić information content (AvgIpc) is 3.02. The number of benzene rings is 1. The molecule has 104 valence electrons. The molecule has 1 aromatic carbocycles. The average molecular weight is 273 g/mol. The third kappa shape index (κ3) is 1.89. The Hall–Kier alpha value is -2.21. The lowest BCUT2D eigenvalue weighted by Gasteiger charge is -2.11. The molecular weight excluding hydrogens is 257 g/mol. The maximum atomic E-state index is 13.9. The Kier molecular flexibility index (Phi) is 3.02. The van der Waals surface area contributed by atoms with Gasteiger partial charge in [0.15, 0.2) is 5.82 Å². The van der Waals surface area contributed by atoms with Crippen molar-refractivity contribution in [3.05, 3.63) is 47.8 Å². The lowest BCUT2D eigenvalue weighted by Crippen LogP contribution is -2.17. The number of aromatic nitrogens is 4. The van der Waals surface area contributed by atoms with Gasteiger partial charge >= 0.3 is 0 Å². The van der Waals surface area contributed by atoms with Crippen LogP contribution in [0.1, 0.15) is 24.4 Å². The van der Waals surface area contributed by atoms with Gasteiger partial charge < -0.3 is 10.3 Å². The molecule has 2 N–H and O–H groups in total. The molecule has 0 bridgehead atoms. The SMILES string of the molecule is CCn1c(C(N)c2cnn(C)c2)nc2c(F)cccc21. The number of hydrogen-bond acceptors (Lipinski definition) is 3. The summed E-state index contributed by atoms with van der Waals surface area (Å²) in [6.45, 7) is 2.68. The van der Waals surface area contributed by atoms with E-state index in [1.54, 1.807) is 16.9 Å². The van der Waals surface area contributed by atoms with Crippen LogP contribution in [0.2, 0.25) is 0 Å². The van der Waals surface area contributed by atoms with Crippen molar-refractivity contribution in [2.24, 2.45) is 12.8 Å². The first kappa shape index (κ1) is 12.8. The largest absolute Gasteiger partial charge is 0.327 e. The molecule has 5 nitrogen and oxygen atoms in total. The fourth-order valence-electron chi connectivity index (χ4n) is 2.45. The van der Waals surface area contributed by atoms with E-state index in [9.17, 15) is 4.39 Å². The van der Waals surface area contributed by atoms with E-state index in [4.69, 9.17) is 5.73 Å². The molecule has 0 radical (unpaired) electrons. The van der Waals surface area contributed by atoms with Crippen molar-refractivity contribution in [1.29, 1.82) is 0 Å². The molecule has 20 heavy (non-hydrogen) atoms. The molecule has 6 heteroatoms. The van der Waals surface area contributed by atoms with Gasteiger partial charge in [0.25, 0.3) is 0 Å². The van der Waals surface area contributed by atoms with Crippen LogP contribution in [0.15, 0.2) is 30.6 Å². The monoisotopic (exact) mass is 273 g/mol. The molecule has 0 aliphatic carbocycles. The third-order valence-electron chi connectivity index (χ3n) is 3.44. The predicted molar refractivity (Wildman–Crippen MR) is 74.6 cm³/mol. The van der Waals surface area contributed by atoms with Crippen molar-refractivity contribution >= 4 is 11.0 Å². The fraction of sp³-hybridized carbons (Fsp3) is 0.286. The second-order valence-corrected chi connectivity index (χ2v) is 4.75. The Morgan fingerprint density at radius 1 is 1.40 bits per heavy atom. The zero-order valence-corrected chi connectivity index (χ0v) is 11.4. The first-order chi connectivity index (χ1) is 9.61. The minimum atomic E-state index is -0.421. The summed E-state index contributed by atoms with van der Waals surface area (Å²) in [5.41, 5.74) is 8.25. The summed E-state index contributed by atoms with van der Waals surface area (Å²) in [4.78, 5) is 4.39. The smallest absolute Gasteiger partial charge is 0.151 e. The van der Waals surface area contributed by atoms with E-state index in [-0.39, 0.29) is 5.82 Å². The molecule has 2 aromatic heterocycles. The normalized spacial score (nSPS) is 13.0. The molecule has 0 amide bonds. The Bertz CT molecular complexity index is 758. The van der Waals surface area contributed by atoms with Crippen LogP contribution in [0.5, 0.6) is 0 Å². The molecule has 0 saturated carbocycles. The van der Waals surface area contributed by atoms with Crippen LogP contribution < -0.4 is 5.73 Å². The molecule has 0 fully saturated rings. The number of rotatable bonds is 3. The molecule has 0 saturated heterocycles. The van der Waals surface area contributed by atoms with Gasteiger partial charge in [0.05, 0.1) is 17.8 Å². The van der Waals surface area contributed by atoms with Crippen LogP contribution >= 0.6 is 0 Å². The van der Waals surface area contributed by atoms with E-state index in [0.29, 0.717) is 17.9 Å². The van der Waals surface area contributed by atoms with E-state index >= 15 is 0 Å². The summed E-state index contributed by atoms with van der Waals surface area (Å²) >= 11 is 0.